The van der Waals surface area contributed by atoms with Gasteiger partial charge in [-0.3, -0.25) is 14.8 Å². The minimum atomic E-state index is -0.306. The minimum Gasteiger partial charge on any atom is -0.355 e. The van der Waals surface area contributed by atoms with Gasteiger partial charge in [0.1, 0.15) is 0 Å². The average Bonchev–Trinajstić information content (AvgIpc) is 2.93. The summed E-state index contributed by atoms with van der Waals surface area (Å²) in [6.45, 7) is 0.482. The van der Waals surface area contributed by atoms with Crippen LogP contribution >= 0.6 is 0 Å². The number of hydrogen-bond acceptors (Lipinski definition) is 4. The van der Waals surface area contributed by atoms with Gasteiger partial charge in [0.25, 0.3) is 5.91 Å². The third-order valence-electron chi connectivity index (χ3n) is 5.42. The van der Waals surface area contributed by atoms with E-state index in [0.717, 1.165) is 16.7 Å². The van der Waals surface area contributed by atoms with E-state index in [4.69, 9.17) is 0 Å². The highest BCUT2D eigenvalue weighted by Gasteiger charge is 2.09. The van der Waals surface area contributed by atoms with E-state index in [0.29, 0.717) is 35.3 Å². The minimum absolute atomic E-state index is 0.201. The fourth-order valence-corrected chi connectivity index (χ4v) is 3.61. The molecule has 0 aliphatic carbocycles. The summed E-state index contributed by atoms with van der Waals surface area (Å²) < 4.78 is 0. The predicted molar refractivity (Wildman–Crippen MR) is 140 cm³/mol. The number of anilines is 1. The fraction of sp³-hybridized carbons (Fsp3) is 0.103. The van der Waals surface area contributed by atoms with Gasteiger partial charge < -0.3 is 16.0 Å². The smallest absolute Gasteiger partial charge is 0.319 e. The van der Waals surface area contributed by atoms with E-state index >= 15 is 0 Å². The van der Waals surface area contributed by atoms with Crippen LogP contribution in [0.5, 0.6) is 0 Å². The second-order valence-corrected chi connectivity index (χ2v) is 7.86. The standard InChI is InChI=1S/C29H25N5O2/c1-30-28(35)27-7-3-2-6-22(27)8-9-24-19-25(10-11-26(24)23-13-16-31-17-14-23)34-29(36)33-18-12-21-5-4-15-32-20-21/h2-7,10-11,13-17,19-20H,12,18H2,1H3,(H,30,35)(H2,33,34,36). The third-order valence-corrected chi connectivity index (χ3v) is 5.42. The summed E-state index contributed by atoms with van der Waals surface area (Å²) >= 11 is 0. The van der Waals surface area contributed by atoms with Crippen LogP contribution in [0, 0.1) is 11.8 Å². The molecule has 0 aliphatic rings. The number of amides is 3. The summed E-state index contributed by atoms with van der Waals surface area (Å²) in [5.41, 5.74) is 5.32. The zero-order valence-corrected chi connectivity index (χ0v) is 19.8. The van der Waals surface area contributed by atoms with Crippen molar-refractivity contribution in [2.45, 2.75) is 6.42 Å². The average molecular weight is 476 g/mol. The molecule has 0 bridgehead atoms. The molecule has 7 nitrogen and oxygen atoms in total. The monoisotopic (exact) mass is 475 g/mol. The molecular formula is C29H25N5O2. The lowest BCUT2D eigenvalue weighted by Crippen LogP contribution is -2.30. The Labute approximate surface area is 210 Å². The predicted octanol–water partition coefficient (Wildman–Crippen LogP) is 4.27. The molecule has 2 aromatic carbocycles. The van der Waals surface area contributed by atoms with Gasteiger partial charge in [0, 0.05) is 55.2 Å². The molecule has 3 N–H and O–H groups in total. The van der Waals surface area contributed by atoms with Crippen molar-refractivity contribution in [2.75, 3.05) is 18.9 Å². The second-order valence-electron chi connectivity index (χ2n) is 7.86. The van der Waals surface area contributed by atoms with Crippen molar-refractivity contribution in [2.24, 2.45) is 0 Å². The molecule has 0 spiro atoms. The molecule has 0 saturated heterocycles. The molecule has 178 valence electrons. The molecule has 2 aromatic heterocycles. The van der Waals surface area contributed by atoms with Crippen molar-refractivity contribution in [3.05, 3.63) is 114 Å². The lowest BCUT2D eigenvalue weighted by atomic mass is 9.99. The summed E-state index contributed by atoms with van der Waals surface area (Å²) in [6.07, 6.45) is 7.62. The SMILES string of the molecule is CNC(=O)c1ccccc1C#Cc1cc(NC(=O)NCCc2cccnc2)ccc1-c1ccncc1. The summed E-state index contributed by atoms with van der Waals surface area (Å²) in [5.74, 6) is 6.12. The highest BCUT2D eigenvalue weighted by molar-refractivity contribution is 5.96. The summed E-state index contributed by atoms with van der Waals surface area (Å²) in [4.78, 5) is 32.9. The van der Waals surface area contributed by atoms with Gasteiger partial charge in [0.05, 0.1) is 5.56 Å². The molecule has 0 radical (unpaired) electrons. The Morgan fingerprint density at radius 1 is 0.861 bits per heavy atom. The van der Waals surface area contributed by atoms with E-state index < -0.39 is 0 Å². The van der Waals surface area contributed by atoms with E-state index in [2.05, 4.69) is 37.8 Å². The van der Waals surface area contributed by atoms with E-state index in [1.165, 1.54) is 0 Å². The van der Waals surface area contributed by atoms with Gasteiger partial charge in [-0.1, -0.05) is 36.1 Å². The number of hydrogen-bond donors (Lipinski definition) is 3. The van der Waals surface area contributed by atoms with Crippen molar-refractivity contribution < 1.29 is 9.59 Å². The van der Waals surface area contributed by atoms with Crippen molar-refractivity contribution in [3.63, 3.8) is 0 Å². The number of carbonyl (C=O) groups is 2. The topological polar surface area (TPSA) is 96.0 Å². The first-order valence-electron chi connectivity index (χ1n) is 11.5. The number of nitrogens with zero attached hydrogens (tertiary/aromatic N) is 2. The van der Waals surface area contributed by atoms with Crippen LogP contribution < -0.4 is 16.0 Å². The maximum Gasteiger partial charge on any atom is 0.319 e. The first kappa shape index (κ1) is 24.2. The number of nitrogens with one attached hydrogen (secondary N) is 3. The number of benzene rings is 2. The van der Waals surface area contributed by atoms with Gasteiger partial charge in [-0.05, 0) is 65.6 Å². The highest BCUT2D eigenvalue weighted by atomic mass is 16.2. The second kappa shape index (κ2) is 12.0. The Morgan fingerprint density at radius 2 is 1.67 bits per heavy atom. The Balaban J connectivity index is 1.57. The van der Waals surface area contributed by atoms with Gasteiger partial charge in [0.15, 0.2) is 0 Å². The molecule has 0 unspecified atom stereocenters. The number of pyridine rings is 2. The van der Waals surface area contributed by atoms with Crippen LogP contribution in [0.4, 0.5) is 10.5 Å². The van der Waals surface area contributed by atoms with E-state index in [1.54, 1.807) is 44.0 Å². The molecular weight excluding hydrogens is 450 g/mol. The van der Waals surface area contributed by atoms with Crippen LogP contribution in [-0.4, -0.2) is 35.5 Å². The van der Waals surface area contributed by atoms with Crippen molar-refractivity contribution >= 4 is 17.6 Å². The van der Waals surface area contributed by atoms with Crippen LogP contribution in [-0.2, 0) is 6.42 Å². The van der Waals surface area contributed by atoms with Gasteiger partial charge in [-0.15, -0.1) is 0 Å². The number of carbonyl (C=O) groups excluding carboxylic acids is 2. The number of aromatic nitrogens is 2. The largest absolute Gasteiger partial charge is 0.355 e. The first-order chi connectivity index (χ1) is 17.6. The first-order valence-corrected chi connectivity index (χ1v) is 11.5. The summed E-state index contributed by atoms with van der Waals surface area (Å²) in [5, 5.41) is 8.38. The van der Waals surface area contributed by atoms with Crippen molar-refractivity contribution in [1.29, 1.82) is 0 Å². The molecule has 2 heterocycles. The van der Waals surface area contributed by atoms with Crippen LogP contribution in [0.25, 0.3) is 11.1 Å². The van der Waals surface area contributed by atoms with Crippen molar-refractivity contribution in [1.82, 2.24) is 20.6 Å². The molecule has 0 aliphatic heterocycles. The van der Waals surface area contributed by atoms with Crippen LogP contribution in [0.2, 0.25) is 0 Å². The van der Waals surface area contributed by atoms with Gasteiger partial charge in [-0.25, -0.2) is 4.79 Å². The quantitative estimate of drug-likeness (QED) is 0.363. The van der Waals surface area contributed by atoms with Crippen LogP contribution in [0.3, 0.4) is 0 Å². The maximum absolute atomic E-state index is 12.5. The maximum atomic E-state index is 12.5. The molecule has 4 rings (SSSR count). The summed E-state index contributed by atoms with van der Waals surface area (Å²) in [7, 11) is 1.59. The zero-order chi connectivity index (χ0) is 25.2. The van der Waals surface area contributed by atoms with Crippen molar-refractivity contribution in [3.8, 4) is 23.0 Å². The van der Waals surface area contributed by atoms with E-state index in [1.807, 2.05) is 54.6 Å². The van der Waals surface area contributed by atoms with E-state index in [9.17, 15) is 9.59 Å². The molecule has 3 amide bonds. The van der Waals surface area contributed by atoms with Gasteiger partial charge >= 0.3 is 6.03 Å². The Morgan fingerprint density at radius 3 is 2.44 bits per heavy atom. The van der Waals surface area contributed by atoms with Gasteiger partial charge in [0.2, 0.25) is 0 Å². The Bertz CT molecular complexity index is 1410. The summed E-state index contributed by atoms with van der Waals surface area (Å²) in [6, 6.07) is 20.1. The zero-order valence-electron chi connectivity index (χ0n) is 19.8. The number of urea groups is 1. The van der Waals surface area contributed by atoms with Crippen LogP contribution in [0.15, 0.2) is 91.5 Å². The highest BCUT2D eigenvalue weighted by Crippen LogP contribution is 2.26. The van der Waals surface area contributed by atoms with E-state index in [-0.39, 0.29) is 11.9 Å². The lowest BCUT2D eigenvalue weighted by molar-refractivity contribution is 0.0963. The van der Waals surface area contributed by atoms with Crippen LogP contribution in [0.1, 0.15) is 27.0 Å². The fourth-order valence-electron chi connectivity index (χ4n) is 3.61. The lowest BCUT2D eigenvalue weighted by Gasteiger charge is -2.11. The Hall–Kier alpha value is -4.96. The molecule has 0 atom stereocenters. The Kier molecular flexibility index (Phi) is 8.03. The van der Waals surface area contributed by atoms with Gasteiger partial charge in [-0.2, -0.15) is 0 Å². The normalized spacial score (nSPS) is 10.0. The molecule has 7 heteroatoms. The third kappa shape index (κ3) is 6.33. The molecule has 4 aromatic rings. The molecule has 36 heavy (non-hydrogen) atoms. The number of rotatable bonds is 6. The molecule has 0 fully saturated rings. The molecule has 0 saturated carbocycles.